The van der Waals surface area contributed by atoms with E-state index < -0.39 is 23.7 Å². The molecule has 1 fully saturated rings. The molecule has 2 heterocycles. The molecule has 0 bridgehead atoms. The summed E-state index contributed by atoms with van der Waals surface area (Å²) in [6.45, 7) is 1.78. The number of imide groups is 1. The van der Waals surface area contributed by atoms with E-state index in [9.17, 15) is 23.6 Å². The SMILES string of the molecule is Cc1c(Cl)ccc2c(C(=O)OC(CCCl)C(=O)c3ccc(F)cc3)cc(-c3ccc(N4C(=O)C5CC=CCC5C4=O)cc3)nc12. The van der Waals surface area contributed by atoms with E-state index in [-0.39, 0.29) is 47.1 Å². The van der Waals surface area contributed by atoms with Gasteiger partial charge in [-0.15, -0.1) is 11.6 Å². The van der Waals surface area contributed by atoms with Crippen LogP contribution in [0.4, 0.5) is 10.1 Å². The molecule has 0 radical (unpaired) electrons. The van der Waals surface area contributed by atoms with Crippen LogP contribution in [0.15, 0.2) is 78.9 Å². The Bertz CT molecular complexity index is 1850. The summed E-state index contributed by atoms with van der Waals surface area (Å²) in [5.41, 5.74) is 2.96. The van der Waals surface area contributed by atoms with Crippen molar-refractivity contribution in [2.45, 2.75) is 32.3 Å². The Morgan fingerprint density at radius 1 is 0.978 bits per heavy atom. The number of ketones is 1. The molecule has 45 heavy (non-hydrogen) atoms. The van der Waals surface area contributed by atoms with Crippen molar-refractivity contribution >= 4 is 63.4 Å². The zero-order valence-electron chi connectivity index (χ0n) is 24.1. The van der Waals surface area contributed by atoms with Gasteiger partial charge in [0.15, 0.2) is 6.10 Å². The first-order valence-corrected chi connectivity index (χ1v) is 15.4. The number of allylic oxidation sites excluding steroid dienone is 2. The highest BCUT2D eigenvalue weighted by atomic mass is 35.5. The number of Topliss-reactive ketones (excluding diaryl/α,β-unsaturated/α-hetero) is 1. The Kier molecular flexibility index (Phi) is 8.53. The van der Waals surface area contributed by atoms with Crippen molar-refractivity contribution in [3.8, 4) is 11.3 Å². The Balaban J connectivity index is 1.34. The van der Waals surface area contributed by atoms with Crippen LogP contribution >= 0.6 is 23.2 Å². The van der Waals surface area contributed by atoms with Gasteiger partial charge >= 0.3 is 5.97 Å². The number of aromatic nitrogens is 1. The summed E-state index contributed by atoms with van der Waals surface area (Å²) in [5, 5.41) is 0.931. The van der Waals surface area contributed by atoms with E-state index in [0.717, 1.165) is 12.1 Å². The highest BCUT2D eigenvalue weighted by molar-refractivity contribution is 6.32. The summed E-state index contributed by atoms with van der Waals surface area (Å²) in [6, 6.07) is 16.7. The predicted octanol–water partition coefficient (Wildman–Crippen LogP) is 7.50. The molecule has 2 amide bonds. The van der Waals surface area contributed by atoms with E-state index in [2.05, 4.69) is 0 Å². The van der Waals surface area contributed by atoms with E-state index in [0.29, 0.717) is 51.3 Å². The monoisotopic (exact) mass is 644 g/mol. The van der Waals surface area contributed by atoms with Gasteiger partial charge in [0.25, 0.3) is 0 Å². The van der Waals surface area contributed by atoms with Gasteiger partial charge in [-0.2, -0.15) is 0 Å². The van der Waals surface area contributed by atoms with Gasteiger partial charge in [0.1, 0.15) is 5.82 Å². The summed E-state index contributed by atoms with van der Waals surface area (Å²) < 4.78 is 19.2. The molecule has 1 aromatic heterocycles. The third-order valence-electron chi connectivity index (χ3n) is 8.36. The molecule has 3 aromatic carbocycles. The maximum Gasteiger partial charge on any atom is 0.339 e. The molecular formula is C35H27Cl2FN2O5. The molecule has 0 saturated carbocycles. The number of benzene rings is 3. The number of esters is 1. The van der Waals surface area contributed by atoms with Gasteiger partial charge in [-0.1, -0.05) is 42.0 Å². The average Bonchev–Trinajstić information content (AvgIpc) is 3.31. The molecular weight excluding hydrogens is 618 g/mol. The molecule has 1 aliphatic heterocycles. The van der Waals surface area contributed by atoms with Crippen LogP contribution < -0.4 is 4.90 Å². The van der Waals surface area contributed by atoms with Gasteiger partial charge in [0.2, 0.25) is 17.6 Å². The average molecular weight is 646 g/mol. The number of alkyl halides is 1. The summed E-state index contributed by atoms with van der Waals surface area (Å²) in [6.07, 6.45) is 3.83. The fourth-order valence-corrected chi connectivity index (χ4v) is 6.24. The first kappa shape index (κ1) is 30.6. The summed E-state index contributed by atoms with van der Waals surface area (Å²) >= 11 is 12.4. The molecule has 0 spiro atoms. The number of carbonyl (C=O) groups is 4. The van der Waals surface area contributed by atoms with Gasteiger partial charge in [0, 0.05) is 33.8 Å². The first-order valence-electron chi connectivity index (χ1n) is 14.5. The highest BCUT2D eigenvalue weighted by Crippen LogP contribution is 2.38. The molecule has 6 rings (SSSR count). The van der Waals surface area contributed by atoms with Gasteiger partial charge in [-0.05, 0) is 73.9 Å². The van der Waals surface area contributed by atoms with Crippen molar-refractivity contribution < 1.29 is 28.3 Å². The van der Waals surface area contributed by atoms with Crippen molar-refractivity contribution in [3.05, 3.63) is 106 Å². The van der Waals surface area contributed by atoms with Crippen LogP contribution in [-0.4, -0.2) is 40.5 Å². The first-order chi connectivity index (χ1) is 21.7. The second kappa shape index (κ2) is 12.5. The van der Waals surface area contributed by atoms with Gasteiger partial charge in [-0.25, -0.2) is 14.2 Å². The number of nitrogens with zero attached hydrogens (tertiary/aromatic N) is 2. The molecule has 3 unspecified atom stereocenters. The van der Waals surface area contributed by atoms with Crippen LogP contribution in [0.5, 0.6) is 0 Å². The largest absolute Gasteiger partial charge is 0.450 e. The molecule has 10 heteroatoms. The Morgan fingerprint density at radius 2 is 1.62 bits per heavy atom. The van der Waals surface area contributed by atoms with E-state index in [1.54, 1.807) is 49.4 Å². The van der Waals surface area contributed by atoms with Crippen molar-refractivity contribution in [2.75, 3.05) is 10.8 Å². The summed E-state index contributed by atoms with van der Waals surface area (Å²) in [7, 11) is 0. The van der Waals surface area contributed by atoms with Crippen molar-refractivity contribution in [3.63, 3.8) is 0 Å². The number of pyridine rings is 1. The van der Waals surface area contributed by atoms with Gasteiger partial charge < -0.3 is 4.74 Å². The second-order valence-corrected chi connectivity index (χ2v) is 11.9. The third kappa shape index (κ3) is 5.76. The summed E-state index contributed by atoms with van der Waals surface area (Å²) in [5.74, 6) is -2.81. The van der Waals surface area contributed by atoms with Crippen LogP contribution in [0.25, 0.3) is 22.2 Å². The van der Waals surface area contributed by atoms with Gasteiger partial charge in [0.05, 0.1) is 34.3 Å². The molecule has 3 atom stereocenters. The van der Waals surface area contributed by atoms with Gasteiger partial charge in [-0.3, -0.25) is 19.3 Å². The maximum absolute atomic E-state index is 13.7. The number of anilines is 1. The Labute approximate surface area is 268 Å². The lowest BCUT2D eigenvalue weighted by molar-refractivity contribution is -0.122. The lowest BCUT2D eigenvalue weighted by Gasteiger charge is -2.18. The quantitative estimate of drug-likeness (QED) is 0.0648. The van der Waals surface area contributed by atoms with Crippen molar-refractivity contribution in [2.24, 2.45) is 11.8 Å². The van der Waals surface area contributed by atoms with Crippen LogP contribution in [0.1, 0.15) is 45.5 Å². The molecule has 1 aliphatic carbocycles. The second-order valence-electron chi connectivity index (χ2n) is 11.1. The van der Waals surface area contributed by atoms with E-state index in [4.69, 9.17) is 32.9 Å². The molecule has 7 nitrogen and oxygen atoms in total. The fourth-order valence-electron chi connectivity index (χ4n) is 5.89. The number of hydrogen-bond donors (Lipinski definition) is 0. The minimum Gasteiger partial charge on any atom is -0.450 e. The number of hydrogen-bond acceptors (Lipinski definition) is 6. The Morgan fingerprint density at radius 3 is 2.24 bits per heavy atom. The number of aryl methyl sites for hydroxylation is 1. The minimum absolute atomic E-state index is 0.0499. The fraction of sp³-hybridized carbons (Fsp3) is 0.229. The van der Waals surface area contributed by atoms with Crippen LogP contribution in [0, 0.1) is 24.6 Å². The van der Waals surface area contributed by atoms with E-state index >= 15 is 0 Å². The zero-order valence-corrected chi connectivity index (χ0v) is 25.6. The number of rotatable bonds is 8. The topological polar surface area (TPSA) is 93.6 Å². The third-order valence-corrected chi connectivity index (χ3v) is 8.99. The van der Waals surface area contributed by atoms with Crippen molar-refractivity contribution in [1.82, 2.24) is 4.98 Å². The van der Waals surface area contributed by atoms with Crippen LogP contribution in [0.3, 0.4) is 0 Å². The number of fused-ring (bicyclic) bond motifs is 2. The number of ether oxygens (including phenoxy) is 1. The summed E-state index contributed by atoms with van der Waals surface area (Å²) in [4.78, 5) is 59.1. The molecule has 1 saturated heterocycles. The Hall–Kier alpha value is -4.40. The van der Waals surface area contributed by atoms with E-state index in [1.807, 2.05) is 12.2 Å². The number of carbonyl (C=O) groups excluding carboxylic acids is 4. The normalized spacial score (nSPS) is 18.3. The number of halogens is 3. The standard InChI is InChI=1S/C35H27Cl2FN2O5/c1-19-28(37)15-14-24-27(35(44)45-30(16-17-36)32(41)21-6-10-22(38)11-7-21)18-29(39-31(19)24)20-8-12-23(13-9-20)40-33(42)25-4-2-3-5-26(25)34(40)43/h2-3,6-15,18,25-26,30H,4-5,16-17H2,1H3. The van der Waals surface area contributed by atoms with Crippen molar-refractivity contribution in [1.29, 1.82) is 0 Å². The maximum atomic E-state index is 13.7. The van der Waals surface area contributed by atoms with Crippen LogP contribution in [0.2, 0.25) is 5.02 Å². The molecule has 4 aromatic rings. The zero-order chi connectivity index (χ0) is 31.8. The molecule has 0 N–H and O–H groups in total. The molecule has 2 aliphatic rings. The predicted molar refractivity (Wildman–Crippen MR) is 170 cm³/mol. The van der Waals surface area contributed by atoms with Crippen LogP contribution in [-0.2, 0) is 14.3 Å². The number of amides is 2. The highest BCUT2D eigenvalue weighted by Gasteiger charge is 2.47. The molecule has 228 valence electrons. The lowest BCUT2D eigenvalue weighted by Crippen LogP contribution is -2.30. The lowest BCUT2D eigenvalue weighted by atomic mass is 9.85. The van der Waals surface area contributed by atoms with E-state index in [1.165, 1.54) is 17.0 Å². The minimum atomic E-state index is -1.20. The smallest absolute Gasteiger partial charge is 0.339 e.